The molecule has 0 amide bonds. The van der Waals surface area contributed by atoms with Crippen LogP contribution in [0.4, 0.5) is 52.7 Å². The van der Waals surface area contributed by atoms with Crippen molar-refractivity contribution in [2.75, 3.05) is 6.16 Å². The van der Waals surface area contributed by atoms with Gasteiger partial charge in [-0.2, -0.15) is 52.7 Å². The van der Waals surface area contributed by atoms with Crippen LogP contribution in [0.5, 0.6) is 0 Å². The summed E-state index contributed by atoms with van der Waals surface area (Å²) in [5.74, 6) is -23.7. The Kier molecular flexibility index (Phi) is 6.88. The molecule has 0 aliphatic rings. The molecule has 0 spiro atoms. The molecule has 0 heterocycles. The van der Waals surface area contributed by atoms with E-state index in [1.807, 2.05) is 0 Å². The molecule has 0 bridgehead atoms. The van der Waals surface area contributed by atoms with Gasteiger partial charge in [0.2, 0.25) is 0 Å². The highest BCUT2D eigenvalue weighted by molar-refractivity contribution is 7.64. The van der Waals surface area contributed by atoms with Crippen LogP contribution in [0.25, 0.3) is 0 Å². The second-order valence-electron chi connectivity index (χ2n) is 3.91. The fraction of sp³-hybridized carbons (Fsp3) is 1.00. The first kappa shape index (κ1) is 22.0. The Morgan fingerprint density at radius 3 is 1.14 bits per heavy atom. The SMILES string of the molecule is CCC(CP(C(F)(F)F)C(F)(F)F)P(C(F)(F)F)C(F)(F)F. The predicted octanol–water partition coefficient (Wildman–Crippen LogP) is 6.81. The lowest BCUT2D eigenvalue weighted by Gasteiger charge is -2.33. The third-order valence-electron chi connectivity index (χ3n) is 2.39. The summed E-state index contributed by atoms with van der Waals surface area (Å²) in [6.07, 6.45) is -3.35. The summed E-state index contributed by atoms with van der Waals surface area (Å²) in [5, 5.41) is 0. The van der Waals surface area contributed by atoms with Crippen LogP contribution in [-0.2, 0) is 0 Å². The Morgan fingerprint density at radius 2 is 0.955 bits per heavy atom. The zero-order valence-electron chi connectivity index (χ0n) is 10.4. The summed E-state index contributed by atoms with van der Waals surface area (Å²) >= 11 is 0. The van der Waals surface area contributed by atoms with Crippen molar-refractivity contribution in [3.8, 4) is 0 Å². The van der Waals surface area contributed by atoms with E-state index in [1.54, 1.807) is 0 Å². The molecule has 0 fully saturated rings. The molecule has 0 aromatic heterocycles. The van der Waals surface area contributed by atoms with Crippen molar-refractivity contribution in [1.29, 1.82) is 0 Å². The molecule has 22 heavy (non-hydrogen) atoms. The van der Waals surface area contributed by atoms with Crippen LogP contribution in [0.3, 0.4) is 0 Å². The van der Waals surface area contributed by atoms with Crippen molar-refractivity contribution in [3.63, 3.8) is 0 Å². The molecular formula is C8H8F12P2. The minimum atomic E-state index is -5.92. The van der Waals surface area contributed by atoms with Crippen molar-refractivity contribution in [3.05, 3.63) is 0 Å². The summed E-state index contributed by atoms with van der Waals surface area (Å²) in [7, 11) is -10.0. The van der Waals surface area contributed by atoms with Crippen LogP contribution < -0.4 is 0 Å². The van der Waals surface area contributed by atoms with Gasteiger partial charge in [-0.15, -0.1) is 0 Å². The van der Waals surface area contributed by atoms with Gasteiger partial charge in [0.05, 0.1) is 0 Å². The molecule has 0 N–H and O–H groups in total. The number of alkyl halides is 12. The lowest BCUT2D eigenvalue weighted by molar-refractivity contribution is -0.0882. The molecule has 1 atom stereocenters. The van der Waals surface area contributed by atoms with E-state index < -0.39 is 57.8 Å². The van der Waals surface area contributed by atoms with Gasteiger partial charge in [0, 0.05) is 5.66 Å². The van der Waals surface area contributed by atoms with E-state index in [0.29, 0.717) is 6.92 Å². The zero-order chi connectivity index (χ0) is 18.1. The van der Waals surface area contributed by atoms with E-state index in [2.05, 4.69) is 0 Å². The van der Waals surface area contributed by atoms with Crippen LogP contribution in [0.15, 0.2) is 0 Å². The van der Waals surface area contributed by atoms with Crippen LogP contribution in [0, 0.1) is 0 Å². The fourth-order valence-electron chi connectivity index (χ4n) is 1.51. The van der Waals surface area contributed by atoms with Gasteiger partial charge in [0.1, 0.15) is 15.8 Å². The number of hydrogen-bond donors (Lipinski definition) is 0. The van der Waals surface area contributed by atoms with E-state index >= 15 is 0 Å². The highest BCUT2D eigenvalue weighted by atomic mass is 31.1. The quantitative estimate of drug-likeness (QED) is 0.363. The molecule has 0 rings (SSSR count). The van der Waals surface area contributed by atoms with Gasteiger partial charge < -0.3 is 0 Å². The highest BCUT2D eigenvalue weighted by Gasteiger charge is 2.63. The average molecular weight is 394 g/mol. The first-order chi connectivity index (χ1) is 9.42. The maximum Gasteiger partial charge on any atom is 0.414 e. The lowest BCUT2D eigenvalue weighted by Crippen LogP contribution is -2.31. The molecule has 0 saturated carbocycles. The van der Waals surface area contributed by atoms with Crippen LogP contribution in [-0.4, -0.2) is 35.5 Å². The lowest BCUT2D eigenvalue weighted by atomic mass is 10.4. The first-order valence-electron chi connectivity index (χ1n) is 5.26. The number of hydrogen-bond acceptors (Lipinski definition) is 0. The standard InChI is InChI=1S/C8H8F12P2/c1-2-4(22(7(15,16)17)8(18,19)20)3-21(5(9,10)11)6(12,13)14/h4H,2-3H2,1H3. The summed E-state index contributed by atoms with van der Waals surface area (Å²) in [6, 6.07) is 0. The highest BCUT2D eigenvalue weighted by Crippen LogP contribution is 2.72. The zero-order valence-corrected chi connectivity index (χ0v) is 12.2. The average Bonchev–Trinajstić information content (AvgIpc) is 2.15. The maximum atomic E-state index is 12.5. The van der Waals surface area contributed by atoms with Crippen LogP contribution >= 0.6 is 15.8 Å². The smallest absolute Gasteiger partial charge is 0.167 e. The molecule has 0 saturated heterocycles. The summed E-state index contributed by atoms with van der Waals surface area (Å²) in [5.41, 5.74) is -2.80. The second-order valence-corrected chi connectivity index (χ2v) is 8.63. The second kappa shape index (κ2) is 6.87. The Balaban J connectivity index is 5.65. The van der Waals surface area contributed by atoms with Crippen LogP contribution in [0.1, 0.15) is 13.3 Å². The van der Waals surface area contributed by atoms with Crippen molar-refractivity contribution in [1.82, 2.24) is 0 Å². The number of rotatable bonds is 4. The molecule has 134 valence electrons. The third-order valence-corrected chi connectivity index (χ3v) is 7.08. The fourth-order valence-corrected chi connectivity index (χ4v) is 5.52. The molecule has 1 unspecified atom stereocenters. The van der Waals surface area contributed by atoms with Gasteiger partial charge >= 0.3 is 23.7 Å². The molecule has 0 aromatic carbocycles. The summed E-state index contributed by atoms with van der Waals surface area (Å²) < 4.78 is 149. The topological polar surface area (TPSA) is 0 Å². The number of halogens is 12. The van der Waals surface area contributed by atoms with E-state index in [9.17, 15) is 52.7 Å². The summed E-state index contributed by atoms with van der Waals surface area (Å²) in [6.45, 7) is 0.692. The Bertz CT molecular complexity index is 322. The molecule has 0 aliphatic carbocycles. The van der Waals surface area contributed by atoms with Gasteiger partial charge in [0.15, 0.2) is 0 Å². The third kappa shape index (κ3) is 6.26. The largest absolute Gasteiger partial charge is 0.414 e. The van der Waals surface area contributed by atoms with E-state index in [1.165, 1.54) is 0 Å². The minimum Gasteiger partial charge on any atom is -0.167 e. The van der Waals surface area contributed by atoms with Gasteiger partial charge in [-0.1, -0.05) is 6.92 Å². The van der Waals surface area contributed by atoms with Gasteiger partial charge in [-0.3, -0.25) is 0 Å². The van der Waals surface area contributed by atoms with Gasteiger partial charge in [0.25, 0.3) is 0 Å². The van der Waals surface area contributed by atoms with Gasteiger partial charge in [-0.05, 0) is 12.6 Å². The molecule has 0 aromatic rings. The van der Waals surface area contributed by atoms with E-state index in [0.717, 1.165) is 0 Å². The normalized spacial score (nSPS) is 16.5. The Hall–Kier alpha value is 0.0200. The van der Waals surface area contributed by atoms with Gasteiger partial charge in [-0.25, -0.2) is 0 Å². The monoisotopic (exact) mass is 394 g/mol. The molecule has 0 radical (unpaired) electrons. The van der Waals surface area contributed by atoms with E-state index in [-0.39, 0.29) is 0 Å². The molecular weight excluding hydrogens is 386 g/mol. The maximum absolute atomic E-state index is 12.5. The van der Waals surface area contributed by atoms with Crippen molar-refractivity contribution < 1.29 is 52.7 Å². The minimum absolute atomic E-state index is 0.692. The Labute approximate surface area is 118 Å². The predicted molar refractivity (Wildman–Crippen MR) is 57.0 cm³/mol. The van der Waals surface area contributed by atoms with E-state index in [4.69, 9.17) is 0 Å². The van der Waals surface area contributed by atoms with Crippen molar-refractivity contribution in [2.45, 2.75) is 42.7 Å². The van der Waals surface area contributed by atoms with Crippen molar-refractivity contribution in [2.24, 2.45) is 0 Å². The van der Waals surface area contributed by atoms with Crippen molar-refractivity contribution >= 4 is 15.8 Å². The molecule has 0 nitrogen and oxygen atoms in total. The molecule has 14 heteroatoms. The first-order valence-corrected chi connectivity index (χ1v) is 8.20. The molecule has 0 aliphatic heterocycles. The summed E-state index contributed by atoms with van der Waals surface area (Å²) in [4.78, 5) is 0. The van der Waals surface area contributed by atoms with Crippen LogP contribution in [0.2, 0.25) is 0 Å². The Morgan fingerprint density at radius 1 is 0.636 bits per heavy atom.